The van der Waals surface area contributed by atoms with Gasteiger partial charge in [0.05, 0.1) is 6.26 Å². The number of furan rings is 1. The normalized spacial score (nSPS) is 25.6. The molecule has 0 aliphatic carbocycles. The molecule has 0 aromatic carbocycles. The Kier molecular flexibility index (Phi) is 10.1. The van der Waals surface area contributed by atoms with Crippen molar-refractivity contribution in [1.82, 2.24) is 4.90 Å². The van der Waals surface area contributed by atoms with E-state index in [4.69, 9.17) is 28.1 Å². The summed E-state index contributed by atoms with van der Waals surface area (Å²) < 4.78 is 32.8. The van der Waals surface area contributed by atoms with Crippen LogP contribution in [-0.4, -0.2) is 82.9 Å². The van der Waals surface area contributed by atoms with Gasteiger partial charge in [-0.2, -0.15) is 0 Å². The van der Waals surface area contributed by atoms with Gasteiger partial charge in [0.2, 0.25) is 0 Å². The van der Waals surface area contributed by atoms with Crippen LogP contribution in [0.25, 0.3) is 6.08 Å². The zero-order chi connectivity index (χ0) is 28.7. The topological polar surface area (TPSA) is 160 Å². The van der Waals surface area contributed by atoms with Crippen LogP contribution < -0.4 is 0 Å². The Balaban J connectivity index is 2.03. The molecule has 0 saturated carbocycles. The fourth-order valence-electron chi connectivity index (χ4n) is 3.81. The summed E-state index contributed by atoms with van der Waals surface area (Å²) in [6.45, 7) is 7.98. The number of carbonyl (C=O) groups excluding carboxylic acids is 5. The Hall–Kier alpha value is -3.91. The van der Waals surface area contributed by atoms with Crippen molar-refractivity contribution >= 4 is 52.8 Å². The van der Waals surface area contributed by atoms with Crippen molar-refractivity contribution < 1.29 is 52.1 Å². The first-order chi connectivity index (χ1) is 18.5. The average molecular weight is 565 g/mol. The van der Waals surface area contributed by atoms with Crippen molar-refractivity contribution in [3.63, 3.8) is 0 Å². The van der Waals surface area contributed by atoms with E-state index < -0.39 is 59.6 Å². The van der Waals surface area contributed by atoms with Crippen molar-refractivity contribution in [3.05, 3.63) is 42.5 Å². The maximum Gasteiger partial charge on any atom is 0.303 e. The van der Waals surface area contributed by atoms with E-state index in [2.05, 4.69) is 11.6 Å². The maximum absolute atomic E-state index is 13.1. The predicted molar refractivity (Wildman–Crippen MR) is 136 cm³/mol. The largest absolute Gasteiger partial charge is 0.465 e. The van der Waals surface area contributed by atoms with Gasteiger partial charge in [0.1, 0.15) is 24.2 Å². The fourth-order valence-corrected chi connectivity index (χ4v) is 4.99. The van der Waals surface area contributed by atoms with Crippen molar-refractivity contribution in [3.8, 4) is 0 Å². The summed E-state index contributed by atoms with van der Waals surface area (Å²) in [5, 5.41) is 0.165. The predicted octanol–water partition coefficient (Wildman–Crippen LogP) is 1.82. The second kappa shape index (κ2) is 13.2. The lowest BCUT2D eigenvalue weighted by Crippen LogP contribution is -2.61. The summed E-state index contributed by atoms with van der Waals surface area (Å²) in [6.07, 6.45) is -0.671. The number of thioether (sulfide) groups is 1. The summed E-state index contributed by atoms with van der Waals surface area (Å²) >= 11 is 0.900. The molecule has 210 valence electrons. The third-order valence-electron chi connectivity index (χ3n) is 5.21. The van der Waals surface area contributed by atoms with Crippen molar-refractivity contribution in [2.45, 2.75) is 57.5 Å². The van der Waals surface area contributed by atoms with Gasteiger partial charge in [0, 0.05) is 40.3 Å². The number of hydrogen-bond acceptors (Lipinski definition) is 13. The molecule has 13 nitrogen and oxygen atoms in total. The molecule has 39 heavy (non-hydrogen) atoms. The molecule has 0 radical (unpaired) electrons. The molecular formula is C25H28N2O11S. The lowest BCUT2D eigenvalue weighted by atomic mass is 9.99. The highest BCUT2D eigenvalue weighted by Crippen LogP contribution is 2.37. The second-order valence-electron chi connectivity index (χ2n) is 8.33. The lowest BCUT2D eigenvalue weighted by molar-refractivity contribution is -0.237. The molecule has 0 spiro atoms. The number of ether oxygens (including phenoxy) is 5. The number of nitrogens with zero attached hydrogens (tertiary/aromatic N) is 2. The van der Waals surface area contributed by atoms with Crippen LogP contribution in [0, 0.1) is 0 Å². The molecule has 5 unspecified atom stereocenters. The molecule has 3 rings (SSSR count). The van der Waals surface area contributed by atoms with Crippen molar-refractivity contribution in [2.24, 2.45) is 4.99 Å². The van der Waals surface area contributed by atoms with E-state index in [1.54, 1.807) is 12.1 Å². The van der Waals surface area contributed by atoms with E-state index in [0.717, 1.165) is 32.5 Å². The number of carbonyl (C=O) groups is 5. The van der Waals surface area contributed by atoms with Gasteiger partial charge in [-0.05, 0) is 12.1 Å². The fraction of sp³-hybridized carbons (Fsp3) is 0.440. The second-order valence-corrected chi connectivity index (χ2v) is 9.39. The average Bonchev–Trinajstić information content (AvgIpc) is 3.45. The highest BCUT2D eigenvalue weighted by atomic mass is 32.2. The highest BCUT2D eigenvalue weighted by molar-refractivity contribution is 8.14. The first-order valence-corrected chi connectivity index (χ1v) is 12.6. The van der Waals surface area contributed by atoms with Crippen molar-refractivity contribution in [2.75, 3.05) is 13.2 Å². The molecule has 1 aromatic rings. The Morgan fingerprint density at radius 3 is 2.23 bits per heavy atom. The summed E-state index contributed by atoms with van der Waals surface area (Å²) in [5.41, 5.74) is -1.08. The molecule has 2 aliphatic rings. The minimum atomic E-state index is -1.34. The Morgan fingerprint density at radius 2 is 1.67 bits per heavy atom. The Bertz CT molecular complexity index is 1180. The van der Waals surface area contributed by atoms with Crippen LogP contribution in [-0.2, 0) is 47.7 Å². The monoisotopic (exact) mass is 564 g/mol. The zero-order valence-electron chi connectivity index (χ0n) is 21.7. The minimum Gasteiger partial charge on any atom is -0.465 e. The van der Waals surface area contributed by atoms with Gasteiger partial charge in [-0.3, -0.25) is 28.9 Å². The van der Waals surface area contributed by atoms with Gasteiger partial charge >= 0.3 is 23.9 Å². The van der Waals surface area contributed by atoms with E-state index in [1.807, 2.05) is 0 Å². The Morgan fingerprint density at radius 1 is 1.03 bits per heavy atom. The molecule has 2 aliphatic heterocycles. The van der Waals surface area contributed by atoms with Crippen LogP contribution >= 0.6 is 11.8 Å². The SMILES string of the molecule is C=CCN1C(=O)C(=Cc2ccco2)N=C1SC1OC(COC(C)=O)C(OC(C)=O)C(OC(C)=O)C1OC(C)=O. The van der Waals surface area contributed by atoms with Crippen LogP contribution in [0.3, 0.4) is 0 Å². The van der Waals surface area contributed by atoms with Gasteiger partial charge in [-0.1, -0.05) is 17.8 Å². The minimum absolute atomic E-state index is 0.0694. The third-order valence-corrected chi connectivity index (χ3v) is 6.35. The lowest BCUT2D eigenvalue weighted by Gasteiger charge is -2.44. The van der Waals surface area contributed by atoms with E-state index >= 15 is 0 Å². The van der Waals surface area contributed by atoms with Gasteiger partial charge in [0.15, 0.2) is 28.9 Å². The zero-order valence-corrected chi connectivity index (χ0v) is 22.5. The number of amides is 1. The summed E-state index contributed by atoms with van der Waals surface area (Å²) in [7, 11) is 0. The van der Waals surface area contributed by atoms with Crippen LogP contribution in [0.1, 0.15) is 33.5 Å². The van der Waals surface area contributed by atoms with Crippen LogP contribution in [0.5, 0.6) is 0 Å². The molecule has 1 saturated heterocycles. The van der Waals surface area contributed by atoms with E-state index in [1.165, 1.54) is 30.2 Å². The highest BCUT2D eigenvalue weighted by Gasteiger charge is 2.53. The molecular weight excluding hydrogens is 536 g/mol. The molecule has 0 N–H and O–H groups in total. The molecule has 14 heteroatoms. The van der Waals surface area contributed by atoms with Crippen molar-refractivity contribution in [1.29, 1.82) is 0 Å². The van der Waals surface area contributed by atoms with Crippen LogP contribution in [0.2, 0.25) is 0 Å². The number of aliphatic imine (C=N–C) groups is 1. The van der Waals surface area contributed by atoms with Crippen LogP contribution in [0.15, 0.2) is 46.2 Å². The molecule has 5 atom stereocenters. The van der Waals surface area contributed by atoms with Gasteiger partial charge < -0.3 is 28.1 Å². The standard InChI is InChI=1S/C25H28N2O11S/c1-6-9-27-23(32)18(11-17-8-7-10-33-17)26-25(27)39-24-22(37-16(5)31)21(36-15(4)30)20(35-14(3)29)19(38-24)12-34-13(2)28/h6-8,10-11,19-22,24H,1,9,12H2,2-5H3. The number of rotatable bonds is 9. The van der Waals surface area contributed by atoms with E-state index in [-0.39, 0.29) is 24.0 Å². The number of esters is 4. The number of amidine groups is 1. The summed E-state index contributed by atoms with van der Waals surface area (Å²) in [5.74, 6) is -2.91. The summed E-state index contributed by atoms with van der Waals surface area (Å²) in [6, 6.07) is 3.31. The first kappa shape index (κ1) is 29.6. The molecule has 1 aromatic heterocycles. The van der Waals surface area contributed by atoms with Gasteiger partial charge in [-0.15, -0.1) is 6.58 Å². The third kappa shape index (κ3) is 7.80. The van der Waals surface area contributed by atoms with Gasteiger partial charge in [-0.25, -0.2) is 4.99 Å². The number of hydrogen-bond donors (Lipinski definition) is 0. The van der Waals surface area contributed by atoms with Gasteiger partial charge in [0.25, 0.3) is 5.91 Å². The molecule has 3 heterocycles. The van der Waals surface area contributed by atoms with Crippen LogP contribution in [0.4, 0.5) is 0 Å². The van der Waals surface area contributed by atoms with E-state index in [9.17, 15) is 24.0 Å². The summed E-state index contributed by atoms with van der Waals surface area (Å²) in [4.78, 5) is 66.4. The molecule has 0 bridgehead atoms. The Labute approximate surface area is 228 Å². The maximum atomic E-state index is 13.1. The smallest absolute Gasteiger partial charge is 0.303 e. The van der Waals surface area contributed by atoms with E-state index in [0.29, 0.717) is 5.76 Å². The molecule has 1 fully saturated rings. The molecule has 1 amide bonds. The quantitative estimate of drug-likeness (QED) is 0.185. The first-order valence-electron chi connectivity index (χ1n) is 11.7.